The minimum Gasteiger partial charge on any atom is -0.350 e. The van der Waals surface area contributed by atoms with E-state index in [-0.39, 0.29) is 24.9 Å². The lowest BCUT2D eigenvalue weighted by molar-refractivity contribution is -0.121. The van der Waals surface area contributed by atoms with E-state index in [0.717, 1.165) is 24.0 Å². The maximum Gasteiger partial charge on any atom is 0.232 e. The molecule has 0 saturated carbocycles. The van der Waals surface area contributed by atoms with Gasteiger partial charge in [-0.05, 0) is 68.4 Å². The molecule has 2 aromatic carbocycles. The van der Waals surface area contributed by atoms with Gasteiger partial charge in [0.25, 0.3) is 0 Å². The first-order valence-electron chi connectivity index (χ1n) is 10.2. The Morgan fingerprint density at radius 2 is 1.79 bits per heavy atom. The van der Waals surface area contributed by atoms with Crippen LogP contribution in [0.4, 0.5) is 5.69 Å². The minimum absolute atomic E-state index is 0.0588. The highest BCUT2D eigenvalue weighted by atomic mass is 32.2. The molecule has 0 bridgehead atoms. The number of aryl methyl sites for hydroxylation is 3. The first-order chi connectivity index (χ1) is 13.7. The Bertz CT molecular complexity index is 968. The van der Waals surface area contributed by atoms with Crippen molar-refractivity contribution in [3.63, 3.8) is 0 Å². The highest BCUT2D eigenvalue weighted by Crippen LogP contribution is 2.25. The molecule has 1 amide bonds. The van der Waals surface area contributed by atoms with Crippen molar-refractivity contribution in [2.45, 2.75) is 52.0 Å². The second kappa shape index (κ2) is 8.99. The summed E-state index contributed by atoms with van der Waals surface area (Å²) in [5.41, 5.74) is 5.64. The molecule has 0 aromatic heterocycles. The average molecular weight is 415 g/mol. The summed E-state index contributed by atoms with van der Waals surface area (Å²) >= 11 is 0. The van der Waals surface area contributed by atoms with Crippen LogP contribution in [0, 0.1) is 6.92 Å². The van der Waals surface area contributed by atoms with E-state index in [4.69, 9.17) is 0 Å². The summed E-state index contributed by atoms with van der Waals surface area (Å²) in [4.78, 5) is 12.4. The van der Waals surface area contributed by atoms with Crippen molar-refractivity contribution in [1.82, 2.24) is 5.32 Å². The Kier molecular flexibility index (Phi) is 6.63. The molecule has 29 heavy (non-hydrogen) atoms. The van der Waals surface area contributed by atoms with E-state index in [2.05, 4.69) is 23.5 Å². The Hall–Kier alpha value is -2.34. The fraction of sp³-hybridized carbons (Fsp3) is 0.435. The summed E-state index contributed by atoms with van der Waals surface area (Å²) in [7, 11) is -3.40. The number of benzene rings is 2. The lowest BCUT2D eigenvalue weighted by atomic mass is 10.0. The van der Waals surface area contributed by atoms with E-state index in [1.54, 1.807) is 12.1 Å². The number of hydrogen-bond donors (Lipinski definition) is 1. The van der Waals surface area contributed by atoms with Crippen LogP contribution in [0.2, 0.25) is 0 Å². The van der Waals surface area contributed by atoms with E-state index < -0.39 is 10.0 Å². The fourth-order valence-electron chi connectivity index (χ4n) is 3.84. The van der Waals surface area contributed by atoms with Crippen LogP contribution in [0.1, 0.15) is 54.5 Å². The van der Waals surface area contributed by atoms with Crippen molar-refractivity contribution < 1.29 is 13.2 Å². The van der Waals surface area contributed by atoms with Crippen LogP contribution in [0.15, 0.2) is 42.5 Å². The van der Waals surface area contributed by atoms with Crippen LogP contribution >= 0.6 is 0 Å². The molecule has 2 aromatic rings. The molecule has 3 rings (SSSR count). The summed E-state index contributed by atoms with van der Waals surface area (Å²) in [6.45, 7) is 4.23. The predicted octanol–water partition coefficient (Wildman–Crippen LogP) is 3.91. The molecule has 1 atom stereocenters. The molecule has 5 nitrogen and oxygen atoms in total. The van der Waals surface area contributed by atoms with E-state index in [1.165, 1.54) is 28.1 Å². The number of fused-ring (bicyclic) bond motifs is 1. The molecule has 1 N–H and O–H groups in total. The van der Waals surface area contributed by atoms with Gasteiger partial charge in [-0.3, -0.25) is 9.10 Å². The number of rotatable bonds is 8. The van der Waals surface area contributed by atoms with Crippen molar-refractivity contribution in [2.75, 3.05) is 17.1 Å². The molecule has 0 spiro atoms. The molecule has 0 saturated heterocycles. The van der Waals surface area contributed by atoms with E-state index in [0.29, 0.717) is 12.1 Å². The Morgan fingerprint density at radius 3 is 2.48 bits per heavy atom. The van der Waals surface area contributed by atoms with E-state index in [1.807, 2.05) is 26.0 Å². The second-order valence-electron chi connectivity index (χ2n) is 7.95. The van der Waals surface area contributed by atoms with Crippen LogP contribution < -0.4 is 9.62 Å². The number of carbonyl (C=O) groups excluding carboxylic acids is 1. The van der Waals surface area contributed by atoms with E-state index >= 15 is 0 Å². The fourth-order valence-corrected chi connectivity index (χ4v) is 4.80. The predicted molar refractivity (Wildman–Crippen MR) is 118 cm³/mol. The number of carbonyl (C=O) groups is 1. The van der Waals surface area contributed by atoms with Gasteiger partial charge in [0.05, 0.1) is 18.0 Å². The monoisotopic (exact) mass is 414 g/mol. The zero-order valence-corrected chi connectivity index (χ0v) is 18.3. The van der Waals surface area contributed by atoms with Gasteiger partial charge in [-0.15, -0.1) is 0 Å². The first kappa shape index (κ1) is 21.4. The number of amides is 1. The van der Waals surface area contributed by atoms with Gasteiger partial charge in [0.15, 0.2) is 0 Å². The zero-order chi connectivity index (χ0) is 21.0. The maximum absolute atomic E-state index is 12.4. The third kappa shape index (κ3) is 5.60. The molecular formula is C23H30N2O3S. The van der Waals surface area contributed by atoms with Gasteiger partial charge in [-0.25, -0.2) is 8.42 Å². The highest BCUT2D eigenvalue weighted by Gasteiger charge is 2.18. The lowest BCUT2D eigenvalue weighted by Crippen LogP contribution is -2.32. The molecule has 6 heteroatoms. The van der Waals surface area contributed by atoms with Gasteiger partial charge in [0.1, 0.15) is 0 Å². The van der Waals surface area contributed by atoms with Crippen LogP contribution in [0.3, 0.4) is 0 Å². The normalized spacial score (nSPS) is 14.3. The topological polar surface area (TPSA) is 66.5 Å². The summed E-state index contributed by atoms with van der Waals surface area (Å²) in [6.07, 6.45) is 5.41. The quantitative estimate of drug-likeness (QED) is 0.712. The van der Waals surface area contributed by atoms with Crippen LogP contribution in [-0.2, 0) is 27.7 Å². The standard InChI is InChI=1S/C23H30N2O3S/c1-17-9-13-22(14-10-17)25(29(3,27)28)15-5-8-23(26)24-18(2)20-12-11-19-6-4-7-21(19)16-20/h9-14,16,18H,4-8,15H2,1-3H3,(H,24,26). The lowest BCUT2D eigenvalue weighted by Gasteiger charge is -2.22. The largest absolute Gasteiger partial charge is 0.350 e. The van der Waals surface area contributed by atoms with Gasteiger partial charge in [-0.2, -0.15) is 0 Å². The minimum atomic E-state index is -3.40. The van der Waals surface area contributed by atoms with Crippen molar-refractivity contribution in [3.05, 3.63) is 64.7 Å². The summed E-state index contributed by atoms with van der Waals surface area (Å²) < 4.78 is 25.7. The summed E-state index contributed by atoms with van der Waals surface area (Å²) in [6, 6.07) is 13.8. The number of anilines is 1. The highest BCUT2D eigenvalue weighted by molar-refractivity contribution is 7.92. The zero-order valence-electron chi connectivity index (χ0n) is 17.4. The third-order valence-electron chi connectivity index (χ3n) is 5.49. The van der Waals surface area contributed by atoms with Gasteiger partial charge >= 0.3 is 0 Å². The number of nitrogens with one attached hydrogen (secondary N) is 1. The maximum atomic E-state index is 12.4. The Balaban J connectivity index is 1.54. The molecule has 0 fully saturated rings. The summed E-state index contributed by atoms with van der Waals surface area (Å²) in [5.74, 6) is -0.0599. The van der Waals surface area contributed by atoms with E-state index in [9.17, 15) is 13.2 Å². The van der Waals surface area contributed by atoms with Crippen LogP contribution in [0.25, 0.3) is 0 Å². The van der Waals surface area contributed by atoms with Gasteiger partial charge in [0, 0.05) is 13.0 Å². The molecular weight excluding hydrogens is 384 g/mol. The van der Waals surface area contributed by atoms with Crippen LogP contribution in [0.5, 0.6) is 0 Å². The Morgan fingerprint density at radius 1 is 1.10 bits per heavy atom. The molecule has 1 aliphatic carbocycles. The van der Waals surface area contributed by atoms with Gasteiger partial charge in [-0.1, -0.05) is 35.9 Å². The average Bonchev–Trinajstić information content (AvgIpc) is 3.13. The molecule has 0 radical (unpaired) electrons. The molecule has 156 valence electrons. The van der Waals surface area contributed by atoms with Crippen molar-refractivity contribution in [2.24, 2.45) is 0 Å². The Labute approximate surface area is 174 Å². The molecule has 0 heterocycles. The van der Waals surface area contributed by atoms with Crippen LogP contribution in [-0.4, -0.2) is 27.1 Å². The SMILES string of the molecule is Cc1ccc(N(CCCC(=O)NC(C)c2ccc3c(c2)CCC3)S(C)(=O)=O)cc1. The number of nitrogens with zero attached hydrogens (tertiary/aromatic N) is 1. The van der Waals surface area contributed by atoms with Crippen molar-refractivity contribution in [1.29, 1.82) is 0 Å². The second-order valence-corrected chi connectivity index (χ2v) is 9.85. The van der Waals surface area contributed by atoms with Crippen molar-refractivity contribution in [3.8, 4) is 0 Å². The number of sulfonamides is 1. The smallest absolute Gasteiger partial charge is 0.232 e. The first-order valence-corrected chi connectivity index (χ1v) is 12.0. The van der Waals surface area contributed by atoms with Crippen molar-refractivity contribution >= 4 is 21.6 Å². The van der Waals surface area contributed by atoms with Gasteiger partial charge < -0.3 is 5.32 Å². The molecule has 0 aliphatic heterocycles. The molecule has 1 aliphatic rings. The third-order valence-corrected chi connectivity index (χ3v) is 6.68. The van der Waals surface area contributed by atoms with Gasteiger partial charge in [0.2, 0.25) is 15.9 Å². The molecule has 1 unspecified atom stereocenters. The number of hydrogen-bond acceptors (Lipinski definition) is 3. The summed E-state index contributed by atoms with van der Waals surface area (Å²) in [5, 5.41) is 3.04.